The summed E-state index contributed by atoms with van der Waals surface area (Å²) in [7, 11) is 1.72. The first kappa shape index (κ1) is 20.2. The van der Waals surface area contributed by atoms with Crippen molar-refractivity contribution in [2.24, 2.45) is 4.99 Å². The molecule has 0 radical (unpaired) electrons. The van der Waals surface area contributed by atoms with Crippen LogP contribution in [0.4, 0.5) is 0 Å². The molecule has 0 spiro atoms. The van der Waals surface area contributed by atoms with Crippen LogP contribution in [0.1, 0.15) is 11.4 Å². The molecule has 3 rings (SSSR count). The van der Waals surface area contributed by atoms with E-state index in [1.54, 1.807) is 31.6 Å². The lowest BCUT2D eigenvalue weighted by atomic mass is 10.2. The Morgan fingerprint density at radius 2 is 2.19 bits per heavy atom. The van der Waals surface area contributed by atoms with Gasteiger partial charge in [0.1, 0.15) is 11.0 Å². The van der Waals surface area contributed by atoms with Crippen LogP contribution in [0.15, 0.2) is 46.1 Å². The average molecular weight is 488 g/mol. The van der Waals surface area contributed by atoms with Crippen LogP contribution >= 0.6 is 35.6 Å². The number of nitrogens with zero attached hydrogens (tertiary/aromatic N) is 4. The number of hydrogen-bond acceptors (Lipinski definition) is 5. The number of aromatic nitrogens is 4. The second kappa shape index (κ2) is 10.1. The van der Waals surface area contributed by atoms with E-state index in [4.69, 9.17) is 16.0 Å². The molecule has 0 aliphatic carbocycles. The molecule has 0 amide bonds. The summed E-state index contributed by atoms with van der Waals surface area (Å²) in [6, 6.07) is 7.35. The van der Waals surface area contributed by atoms with Crippen molar-refractivity contribution in [3.05, 3.63) is 53.3 Å². The van der Waals surface area contributed by atoms with Crippen molar-refractivity contribution in [1.29, 1.82) is 0 Å². The van der Waals surface area contributed by atoms with E-state index in [1.807, 2.05) is 12.1 Å². The van der Waals surface area contributed by atoms with Crippen LogP contribution in [0.2, 0.25) is 5.15 Å². The molecule has 0 bridgehead atoms. The highest BCUT2D eigenvalue weighted by Crippen LogP contribution is 2.14. The zero-order valence-electron chi connectivity index (χ0n) is 14.1. The normalized spacial score (nSPS) is 11.1. The van der Waals surface area contributed by atoms with E-state index in [9.17, 15) is 0 Å². The molecule has 8 nitrogen and oxygen atoms in total. The molecule has 138 valence electrons. The average Bonchev–Trinajstić information content (AvgIpc) is 3.31. The minimum absolute atomic E-state index is 0. The van der Waals surface area contributed by atoms with Crippen LogP contribution in [0.25, 0.3) is 11.6 Å². The maximum atomic E-state index is 5.78. The molecule has 3 heterocycles. The molecule has 3 N–H and O–H groups in total. The molecule has 0 aromatic carbocycles. The summed E-state index contributed by atoms with van der Waals surface area (Å²) in [5.41, 5.74) is 1.10. The molecular formula is C16H19ClIN7O. The number of hydrogen-bond donors (Lipinski definition) is 3. The number of halogens is 2. The Labute approximate surface area is 172 Å². The molecule has 0 saturated heterocycles. The molecule has 0 unspecified atom stereocenters. The van der Waals surface area contributed by atoms with Crippen LogP contribution in [0.5, 0.6) is 0 Å². The molecule has 0 aliphatic rings. The van der Waals surface area contributed by atoms with Gasteiger partial charge in [-0.25, -0.2) is 9.97 Å². The lowest BCUT2D eigenvalue weighted by molar-refractivity contribution is 0.577. The highest BCUT2D eigenvalue weighted by Gasteiger charge is 2.08. The largest absolute Gasteiger partial charge is 0.461 e. The molecule has 26 heavy (non-hydrogen) atoms. The van der Waals surface area contributed by atoms with Crippen molar-refractivity contribution >= 4 is 41.5 Å². The number of pyridine rings is 1. The second-order valence-corrected chi connectivity index (χ2v) is 5.56. The number of aliphatic imine (C=N–C) groups is 1. The third-order valence-corrected chi connectivity index (χ3v) is 3.64. The summed E-state index contributed by atoms with van der Waals surface area (Å²) >= 11 is 5.78. The smallest absolute Gasteiger partial charge is 0.216 e. The summed E-state index contributed by atoms with van der Waals surface area (Å²) < 4.78 is 5.27. The lowest BCUT2D eigenvalue weighted by Crippen LogP contribution is -2.38. The molecule has 3 aromatic rings. The Bertz CT molecular complexity index is 818. The van der Waals surface area contributed by atoms with Gasteiger partial charge in [0.25, 0.3) is 0 Å². The number of furan rings is 1. The molecule has 0 aliphatic heterocycles. The fourth-order valence-corrected chi connectivity index (χ4v) is 2.27. The van der Waals surface area contributed by atoms with Crippen molar-refractivity contribution in [3.63, 3.8) is 0 Å². The van der Waals surface area contributed by atoms with Gasteiger partial charge in [-0.15, -0.1) is 29.1 Å². The van der Waals surface area contributed by atoms with Gasteiger partial charge in [0.15, 0.2) is 11.7 Å². The Balaban J connectivity index is 0.00000243. The Hall–Kier alpha value is -2.14. The first-order valence-corrected chi connectivity index (χ1v) is 8.12. The fraction of sp³-hybridized carbons (Fsp3) is 0.250. The predicted molar refractivity (Wildman–Crippen MR) is 111 cm³/mol. The summed E-state index contributed by atoms with van der Waals surface area (Å²) in [5, 5.41) is 13.9. The summed E-state index contributed by atoms with van der Waals surface area (Å²) in [5.74, 6) is 2.52. The van der Waals surface area contributed by atoms with Crippen LogP contribution in [0, 0.1) is 0 Å². The third-order valence-electron chi connectivity index (χ3n) is 3.41. The van der Waals surface area contributed by atoms with Gasteiger partial charge in [-0.05, 0) is 30.2 Å². The van der Waals surface area contributed by atoms with Gasteiger partial charge >= 0.3 is 0 Å². The second-order valence-electron chi connectivity index (χ2n) is 5.17. The minimum atomic E-state index is 0. The van der Waals surface area contributed by atoms with Gasteiger partial charge in [0, 0.05) is 19.8 Å². The number of H-pyrrole nitrogens is 1. The quantitative estimate of drug-likeness (QED) is 0.214. The highest BCUT2D eigenvalue weighted by atomic mass is 127. The lowest BCUT2D eigenvalue weighted by Gasteiger charge is -2.10. The number of guanidine groups is 1. The molecular weight excluding hydrogens is 469 g/mol. The van der Waals surface area contributed by atoms with Gasteiger partial charge in [-0.2, -0.15) is 0 Å². The van der Waals surface area contributed by atoms with Crippen LogP contribution in [-0.4, -0.2) is 39.7 Å². The molecule has 0 atom stereocenters. The Morgan fingerprint density at radius 1 is 1.31 bits per heavy atom. The van der Waals surface area contributed by atoms with Gasteiger partial charge in [-0.3, -0.25) is 10.1 Å². The Kier molecular flexibility index (Phi) is 7.85. The predicted octanol–water partition coefficient (Wildman–Crippen LogP) is 2.64. The van der Waals surface area contributed by atoms with Crippen LogP contribution in [-0.2, 0) is 13.0 Å². The highest BCUT2D eigenvalue weighted by molar-refractivity contribution is 14.0. The topological polar surface area (TPSA) is 104 Å². The zero-order valence-corrected chi connectivity index (χ0v) is 17.2. The van der Waals surface area contributed by atoms with Crippen molar-refractivity contribution in [2.45, 2.75) is 13.0 Å². The molecule has 0 saturated carbocycles. The Morgan fingerprint density at radius 3 is 2.88 bits per heavy atom. The first-order valence-electron chi connectivity index (χ1n) is 7.74. The fourth-order valence-electron chi connectivity index (χ4n) is 2.16. The third kappa shape index (κ3) is 5.70. The standard InChI is InChI=1S/C16H18ClN7O.HI/c1-18-16(19-7-6-11-4-5-13(17)20-9-11)21-10-14-22-15(24-23-14)12-3-2-8-25-12;/h2-5,8-9H,6-7,10H2,1H3,(H2,18,19,21)(H,22,23,24);1H. The van der Waals surface area contributed by atoms with Crippen molar-refractivity contribution in [2.75, 3.05) is 13.6 Å². The molecule has 10 heteroatoms. The van der Waals surface area contributed by atoms with E-state index < -0.39 is 0 Å². The number of aromatic amines is 1. The molecule has 0 fully saturated rings. The monoisotopic (exact) mass is 487 g/mol. The first-order chi connectivity index (χ1) is 12.2. The van der Waals surface area contributed by atoms with Gasteiger partial charge in [0.05, 0.1) is 12.8 Å². The van der Waals surface area contributed by atoms with Crippen molar-refractivity contribution in [1.82, 2.24) is 30.8 Å². The van der Waals surface area contributed by atoms with E-state index in [0.717, 1.165) is 18.5 Å². The summed E-state index contributed by atoms with van der Waals surface area (Å²) in [4.78, 5) is 12.6. The van der Waals surface area contributed by atoms with E-state index in [1.165, 1.54) is 0 Å². The van der Waals surface area contributed by atoms with Gasteiger partial charge in [-0.1, -0.05) is 17.7 Å². The van der Waals surface area contributed by atoms with Crippen molar-refractivity contribution < 1.29 is 4.42 Å². The molecule has 3 aromatic heterocycles. The van der Waals surface area contributed by atoms with Gasteiger partial charge < -0.3 is 15.1 Å². The van der Waals surface area contributed by atoms with Crippen molar-refractivity contribution in [3.8, 4) is 11.6 Å². The van der Waals surface area contributed by atoms with E-state index in [0.29, 0.717) is 35.1 Å². The van der Waals surface area contributed by atoms with Crippen LogP contribution in [0.3, 0.4) is 0 Å². The van der Waals surface area contributed by atoms with E-state index in [2.05, 4.69) is 35.8 Å². The minimum Gasteiger partial charge on any atom is -0.461 e. The van der Waals surface area contributed by atoms with Crippen LogP contribution < -0.4 is 10.6 Å². The van der Waals surface area contributed by atoms with E-state index in [-0.39, 0.29) is 24.0 Å². The number of nitrogens with one attached hydrogen (secondary N) is 3. The number of rotatable bonds is 6. The van der Waals surface area contributed by atoms with E-state index >= 15 is 0 Å². The summed E-state index contributed by atoms with van der Waals surface area (Å²) in [6.45, 7) is 1.19. The maximum Gasteiger partial charge on any atom is 0.216 e. The van der Waals surface area contributed by atoms with Gasteiger partial charge in [0.2, 0.25) is 5.82 Å². The SMILES string of the molecule is CN=C(NCCc1ccc(Cl)nc1)NCc1nc(-c2ccco2)n[nH]1.I. The summed E-state index contributed by atoms with van der Waals surface area (Å²) in [6.07, 6.45) is 4.17. The zero-order chi connectivity index (χ0) is 17.5. The maximum absolute atomic E-state index is 5.78.